The molecule has 0 amide bonds. The first kappa shape index (κ1) is 65.1. The average molecular weight is 951 g/mol. The monoisotopic (exact) mass is 950 g/mol. The number of aliphatic hydroxyl groups is 1. The fraction of sp³-hybridized carbons (Fsp3) is 0.981. The van der Waals surface area contributed by atoms with Gasteiger partial charge >= 0.3 is 23.1 Å². The third-order valence-corrected chi connectivity index (χ3v) is 18.7. The number of aliphatic carboxylic acids is 1. The standard InChI is InChI=1S/C36H79NO5Si2.C16H32O2S/c1-8-11-14-17-20-28-35-40-43(4,5)42-44(6,7)41-36(29-22-18-15-12-9-2)39-34-27-21-19-24-31-37(32-25-26-33-38)30-23-16-13-10-3;1-3-5-7-8-9-10-11-12-14-19-15(16(17)18)13-6-4-2/h36,38H,8-35H2,1-7H3;15H,3-14H2,1-2H3,(H,17,18). The summed E-state index contributed by atoms with van der Waals surface area (Å²) in [6.07, 6.45) is 40.2. The fourth-order valence-electron chi connectivity index (χ4n) is 7.93. The second kappa shape index (κ2) is 48.5. The molecule has 0 aliphatic carbocycles. The zero-order valence-corrected chi connectivity index (χ0v) is 46.5. The summed E-state index contributed by atoms with van der Waals surface area (Å²) in [7, 11) is -4.65. The van der Waals surface area contributed by atoms with Crippen LogP contribution in [0.4, 0.5) is 0 Å². The maximum Gasteiger partial charge on any atom is 0.324 e. The van der Waals surface area contributed by atoms with Gasteiger partial charge in [-0.1, -0.05) is 182 Å². The van der Waals surface area contributed by atoms with Crippen LogP contribution >= 0.6 is 11.8 Å². The van der Waals surface area contributed by atoms with Crippen LogP contribution in [0.2, 0.25) is 26.2 Å². The van der Waals surface area contributed by atoms with Gasteiger partial charge < -0.3 is 32.8 Å². The maximum atomic E-state index is 11.1. The van der Waals surface area contributed by atoms with Gasteiger partial charge in [0.05, 0.1) is 0 Å². The van der Waals surface area contributed by atoms with Crippen molar-refractivity contribution in [3.8, 4) is 0 Å². The van der Waals surface area contributed by atoms with E-state index in [9.17, 15) is 9.90 Å². The molecule has 2 atom stereocenters. The third kappa shape index (κ3) is 48.3. The van der Waals surface area contributed by atoms with E-state index in [-0.39, 0.29) is 11.5 Å². The van der Waals surface area contributed by atoms with Gasteiger partial charge in [0.1, 0.15) is 11.5 Å². The Labute approximate surface area is 400 Å². The zero-order valence-electron chi connectivity index (χ0n) is 43.7. The van der Waals surface area contributed by atoms with Crippen molar-refractivity contribution in [3.63, 3.8) is 0 Å². The van der Waals surface area contributed by atoms with Gasteiger partial charge in [-0.25, -0.2) is 0 Å². The minimum atomic E-state index is -2.40. The fourth-order valence-corrected chi connectivity index (χ4v) is 15.7. The van der Waals surface area contributed by atoms with E-state index in [0.29, 0.717) is 6.61 Å². The molecular weight excluding hydrogens is 839 g/mol. The van der Waals surface area contributed by atoms with E-state index in [0.717, 1.165) is 83.3 Å². The summed E-state index contributed by atoms with van der Waals surface area (Å²) in [5.74, 6) is 0.383. The van der Waals surface area contributed by atoms with Crippen molar-refractivity contribution in [1.82, 2.24) is 4.90 Å². The van der Waals surface area contributed by atoms with Crippen molar-refractivity contribution < 1.29 is 32.7 Å². The van der Waals surface area contributed by atoms with Gasteiger partial charge in [-0.3, -0.25) is 4.79 Å². The van der Waals surface area contributed by atoms with Gasteiger partial charge in [0, 0.05) is 19.8 Å². The number of unbranched alkanes of at least 4 members (excludes halogenated alkanes) is 24. The first-order valence-electron chi connectivity index (χ1n) is 27.2. The third-order valence-electron chi connectivity index (χ3n) is 11.7. The molecule has 0 fully saturated rings. The Bertz CT molecular complexity index is 935. The van der Waals surface area contributed by atoms with Crippen LogP contribution in [0.5, 0.6) is 0 Å². The van der Waals surface area contributed by atoms with E-state index in [1.165, 1.54) is 167 Å². The van der Waals surface area contributed by atoms with E-state index in [1.807, 2.05) is 0 Å². The largest absolute Gasteiger partial charge is 0.480 e. The predicted octanol–water partition coefficient (Wildman–Crippen LogP) is 16.2. The molecule has 0 saturated carbocycles. The van der Waals surface area contributed by atoms with E-state index in [4.69, 9.17) is 22.8 Å². The molecule has 0 rings (SSSR count). The molecule has 0 spiro atoms. The molecule has 0 saturated heterocycles. The normalized spacial score (nSPS) is 13.1. The number of carboxylic acids is 1. The SMILES string of the molecule is CCCCCCCCCCSC(CCCC)C(=O)O.CCCCCCCCO[Si](C)(C)O[Si](C)(C)OC(CCCCCCC)OCCCCCCN(CCCCO)CCCCCC. The Morgan fingerprint density at radius 3 is 1.44 bits per heavy atom. The summed E-state index contributed by atoms with van der Waals surface area (Å²) in [4.78, 5) is 13.7. The number of nitrogens with zero attached hydrogens (tertiary/aromatic N) is 1. The first-order chi connectivity index (χ1) is 30.4. The number of aliphatic hydroxyl groups excluding tert-OH is 1. The lowest BCUT2D eigenvalue weighted by molar-refractivity contribution is -0.136. The summed E-state index contributed by atoms with van der Waals surface area (Å²) in [5.41, 5.74) is 0. The quantitative estimate of drug-likeness (QED) is 0.0351. The van der Waals surface area contributed by atoms with E-state index < -0.39 is 23.1 Å². The van der Waals surface area contributed by atoms with Crippen LogP contribution in [0.25, 0.3) is 0 Å². The molecule has 0 bridgehead atoms. The Morgan fingerprint density at radius 2 is 0.937 bits per heavy atom. The highest BCUT2D eigenvalue weighted by atomic mass is 32.2. The average Bonchev–Trinajstić information content (AvgIpc) is 3.24. The lowest BCUT2D eigenvalue weighted by Crippen LogP contribution is -2.50. The number of ether oxygens (including phenoxy) is 1. The van der Waals surface area contributed by atoms with E-state index in [2.05, 4.69) is 65.7 Å². The van der Waals surface area contributed by atoms with E-state index >= 15 is 0 Å². The van der Waals surface area contributed by atoms with Crippen molar-refractivity contribution in [2.45, 2.75) is 284 Å². The Hall–Kier alpha value is 0.0138. The van der Waals surface area contributed by atoms with Crippen molar-refractivity contribution in [2.75, 3.05) is 45.2 Å². The lowest BCUT2D eigenvalue weighted by atomic mass is 10.1. The number of carbonyl (C=O) groups is 1. The van der Waals surface area contributed by atoms with Gasteiger partial charge in [-0.2, -0.15) is 0 Å². The minimum absolute atomic E-state index is 0.174. The van der Waals surface area contributed by atoms with Crippen LogP contribution in [0.1, 0.15) is 247 Å². The van der Waals surface area contributed by atoms with Crippen molar-refractivity contribution in [2.24, 2.45) is 0 Å². The molecule has 8 nitrogen and oxygen atoms in total. The summed E-state index contributed by atoms with van der Waals surface area (Å²) >= 11 is 1.64. The summed E-state index contributed by atoms with van der Waals surface area (Å²) in [5, 5.41) is 18.1. The van der Waals surface area contributed by atoms with Crippen LogP contribution in [0.3, 0.4) is 0 Å². The summed E-state index contributed by atoms with van der Waals surface area (Å²) in [6.45, 7) is 25.2. The zero-order chi connectivity index (χ0) is 47.1. The van der Waals surface area contributed by atoms with Crippen LogP contribution in [0, 0.1) is 0 Å². The molecule has 0 aromatic heterocycles. The molecule has 11 heteroatoms. The van der Waals surface area contributed by atoms with E-state index in [1.54, 1.807) is 11.8 Å². The van der Waals surface area contributed by atoms with Gasteiger partial charge in [0.15, 0.2) is 0 Å². The highest BCUT2D eigenvalue weighted by Gasteiger charge is 2.38. The molecule has 0 aromatic rings. The number of rotatable bonds is 49. The van der Waals surface area contributed by atoms with Crippen molar-refractivity contribution >= 4 is 34.9 Å². The second-order valence-electron chi connectivity index (χ2n) is 19.2. The molecule has 0 aromatic carbocycles. The number of carboxylic acid groups (broad SMARTS) is 1. The van der Waals surface area contributed by atoms with Gasteiger partial charge in [-0.05, 0) is 116 Å². The minimum Gasteiger partial charge on any atom is -0.480 e. The number of hydrogen-bond acceptors (Lipinski definition) is 8. The Balaban J connectivity index is 0. The predicted molar refractivity (Wildman–Crippen MR) is 281 cm³/mol. The van der Waals surface area contributed by atoms with Gasteiger partial charge in [-0.15, -0.1) is 11.8 Å². The van der Waals surface area contributed by atoms with Crippen LogP contribution in [-0.2, 0) is 22.5 Å². The second-order valence-corrected chi connectivity index (χ2v) is 27.5. The maximum absolute atomic E-state index is 11.1. The Kier molecular flexibility index (Phi) is 50.1. The molecule has 63 heavy (non-hydrogen) atoms. The summed E-state index contributed by atoms with van der Waals surface area (Å²) < 4.78 is 26.0. The molecule has 0 heterocycles. The summed E-state index contributed by atoms with van der Waals surface area (Å²) in [6, 6.07) is 0. The van der Waals surface area contributed by atoms with Crippen molar-refractivity contribution in [3.05, 3.63) is 0 Å². The number of thioether (sulfide) groups is 1. The lowest BCUT2D eigenvalue weighted by Gasteiger charge is -2.35. The first-order valence-corrected chi connectivity index (χ1v) is 33.9. The molecule has 0 aliphatic rings. The molecule has 2 unspecified atom stereocenters. The van der Waals surface area contributed by atoms with Crippen LogP contribution < -0.4 is 0 Å². The smallest absolute Gasteiger partial charge is 0.324 e. The molecule has 0 radical (unpaired) electrons. The van der Waals surface area contributed by atoms with Crippen molar-refractivity contribution in [1.29, 1.82) is 0 Å². The van der Waals surface area contributed by atoms with Crippen LogP contribution in [-0.4, -0.2) is 95.0 Å². The molecular formula is C52H111NO7SSi2. The van der Waals surface area contributed by atoms with Crippen LogP contribution in [0.15, 0.2) is 0 Å². The highest BCUT2D eigenvalue weighted by Crippen LogP contribution is 2.23. The van der Waals surface area contributed by atoms with Gasteiger partial charge in [0.2, 0.25) is 0 Å². The Morgan fingerprint density at radius 1 is 0.508 bits per heavy atom. The topological polar surface area (TPSA) is 97.7 Å². The molecule has 0 aliphatic heterocycles. The molecule has 380 valence electrons. The molecule has 2 N–H and O–H groups in total. The van der Waals surface area contributed by atoms with Gasteiger partial charge in [0.25, 0.3) is 0 Å². The highest BCUT2D eigenvalue weighted by molar-refractivity contribution is 8.00. The number of hydrogen-bond donors (Lipinski definition) is 2.